The molecule has 142 valence electrons. The summed E-state index contributed by atoms with van der Waals surface area (Å²) in [4.78, 5) is 24.2. The zero-order valence-electron chi connectivity index (χ0n) is 15.6. The maximum atomic E-state index is 12.1. The molecule has 0 heterocycles. The zero-order chi connectivity index (χ0) is 19.8. The highest BCUT2D eigenvalue weighted by molar-refractivity contribution is 6.04. The van der Waals surface area contributed by atoms with Crippen LogP contribution in [0.25, 0.3) is 0 Å². The van der Waals surface area contributed by atoms with Gasteiger partial charge in [0.1, 0.15) is 5.75 Å². The molecular weight excluding hydrogens is 352 g/mol. The summed E-state index contributed by atoms with van der Waals surface area (Å²) in [7, 11) is 0. The number of rotatable bonds is 7. The summed E-state index contributed by atoms with van der Waals surface area (Å²) < 4.78 is 5.54. The van der Waals surface area contributed by atoms with Gasteiger partial charge in [-0.1, -0.05) is 37.3 Å². The number of benzene rings is 3. The van der Waals surface area contributed by atoms with Gasteiger partial charge in [-0.2, -0.15) is 0 Å². The topological polar surface area (TPSA) is 67.4 Å². The first-order valence-electron chi connectivity index (χ1n) is 9.12. The first kappa shape index (κ1) is 19.2. The van der Waals surface area contributed by atoms with Crippen molar-refractivity contribution in [2.75, 3.05) is 17.2 Å². The highest BCUT2D eigenvalue weighted by Gasteiger charge is 2.07. The van der Waals surface area contributed by atoms with Crippen LogP contribution in [0.1, 0.15) is 22.8 Å². The van der Waals surface area contributed by atoms with E-state index in [1.54, 1.807) is 36.4 Å². The summed E-state index contributed by atoms with van der Waals surface area (Å²) >= 11 is 0. The van der Waals surface area contributed by atoms with Crippen molar-refractivity contribution in [2.24, 2.45) is 0 Å². The molecule has 5 heteroatoms. The standard InChI is InChI=1S/C23H22N2O3/c1-2-17-7-6-10-21(15-17)28-16-22(26)24-19-11-13-20(14-12-19)25-23(27)18-8-4-3-5-9-18/h3-15H,2,16H2,1H3,(H,24,26)(H,25,27). The van der Waals surface area contributed by atoms with Crippen LogP contribution in [-0.2, 0) is 11.2 Å². The number of nitrogens with one attached hydrogen (secondary N) is 2. The Morgan fingerprint density at radius 2 is 1.50 bits per heavy atom. The van der Waals surface area contributed by atoms with Gasteiger partial charge in [-0.3, -0.25) is 9.59 Å². The Hall–Kier alpha value is -3.60. The molecule has 0 unspecified atom stereocenters. The van der Waals surface area contributed by atoms with Crippen LogP contribution in [0.3, 0.4) is 0 Å². The monoisotopic (exact) mass is 374 g/mol. The quantitative estimate of drug-likeness (QED) is 0.639. The minimum absolute atomic E-state index is 0.0698. The molecule has 0 spiro atoms. The van der Waals surface area contributed by atoms with Gasteiger partial charge in [0.2, 0.25) is 0 Å². The predicted octanol–water partition coefficient (Wildman–Crippen LogP) is 4.52. The van der Waals surface area contributed by atoms with Crippen molar-refractivity contribution in [1.29, 1.82) is 0 Å². The number of ether oxygens (including phenoxy) is 1. The molecule has 0 aliphatic carbocycles. The van der Waals surface area contributed by atoms with Crippen LogP contribution in [-0.4, -0.2) is 18.4 Å². The molecule has 0 aliphatic heterocycles. The Balaban J connectivity index is 1.50. The van der Waals surface area contributed by atoms with E-state index in [4.69, 9.17) is 4.74 Å². The molecule has 0 aliphatic rings. The van der Waals surface area contributed by atoms with E-state index >= 15 is 0 Å². The van der Waals surface area contributed by atoms with Gasteiger partial charge >= 0.3 is 0 Å². The SMILES string of the molecule is CCc1cccc(OCC(=O)Nc2ccc(NC(=O)c3ccccc3)cc2)c1. The van der Waals surface area contributed by atoms with Crippen LogP contribution in [0, 0.1) is 0 Å². The second kappa shape index (κ2) is 9.37. The maximum Gasteiger partial charge on any atom is 0.262 e. The highest BCUT2D eigenvalue weighted by atomic mass is 16.5. The number of hydrogen-bond donors (Lipinski definition) is 2. The second-order valence-electron chi connectivity index (χ2n) is 6.24. The number of aryl methyl sites for hydroxylation is 1. The highest BCUT2D eigenvalue weighted by Crippen LogP contribution is 2.16. The van der Waals surface area contributed by atoms with Gasteiger partial charge in [0.05, 0.1) is 0 Å². The molecule has 2 amide bonds. The Morgan fingerprint density at radius 1 is 0.821 bits per heavy atom. The summed E-state index contributed by atoms with van der Waals surface area (Å²) in [5.74, 6) is 0.247. The van der Waals surface area contributed by atoms with E-state index in [1.165, 1.54) is 0 Å². The number of anilines is 2. The third-order valence-corrected chi connectivity index (χ3v) is 4.14. The lowest BCUT2D eigenvalue weighted by Crippen LogP contribution is -2.20. The third-order valence-electron chi connectivity index (χ3n) is 4.14. The van der Waals surface area contributed by atoms with Crippen LogP contribution in [0.2, 0.25) is 0 Å². The van der Waals surface area contributed by atoms with Crippen molar-refractivity contribution < 1.29 is 14.3 Å². The molecule has 0 radical (unpaired) electrons. The lowest BCUT2D eigenvalue weighted by molar-refractivity contribution is -0.118. The molecule has 0 saturated heterocycles. The summed E-state index contributed by atoms with van der Waals surface area (Å²) in [5.41, 5.74) is 3.03. The van der Waals surface area contributed by atoms with E-state index in [2.05, 4.69) is 17.6 Å². The smallest absolute Gasteiger partial charge is 0.262 e. The molecule has 0 aromatic heterocycles. The van der Waals surface area contributed by atoms with Gasteiger partial charge in [-0.05, 0) is 60.5 Å². The van der Waals surface area contributed by atoms with E-state index in [-0.39, 0.29) is 18.4 Å². The molecule has 3 aromatic carbocycles. The van der Waals surface area contributed by atoms with Crippen molar-refractivity contribution in [1.82, 2.24) is 0 Å². The van der Waals surface area contributed by atoms with Crippen molar-refractivity contribution >= 4 is 23.2 Å². The summed E-state index contributed by atoms with van der Waals surface area (Å²) in [6.45, 7) is 2.00. The van der Waals surface area contributed by atoms with E-state index in [0.29, 0.717) is 22.7 Å². The van der Waals surface area contributed by atoms with Crippen LogP contribution >= 0.6 is 0 Å². The van der Waals surface area contributed by atoms with Crippen molar-refractivity contribution in [2.45, 2.75) is 13.3 Å². The van der Waals surface area contributed by atoms with Gasteiger partial charge in [-0.25, -0.2) is 0 Å². The van der Waals surface area contributed by atoms with Gasteiger partial charge in [-0.15, -0.1) is 0 Å². The first-order chi connectivity index (χ1) is 13.6. The number of carbonyl (C=O) groups is 2. The minimum Gasteiger partial charge on any atom is -0.484 e. The summed E-state index contributed by atoms with van der Waals surface area (Å²) in [6, 6.07) is 23.6. The number of hydrogen-bond acceptors (Lipinski definition) is 3. The van der Waals surface area contributed by atoms with Crippen LogP contribution in [0.4, 0.5) is 11.4 Å². The fourth-order valence-corrected chi connectivity index (χ4v) is 2.63. The molecule has 28 heavy (non-hydrogen) atoms. The third kappa shape index (κ3) is 5.45. The lowest BCUT2D eigenvalue weighted by Gasteiger charge is -2.09. The van der Waals surface area contributed by atoms with Gasteiger partial charge in [0, 0.05) is 16.9 Å². The van der Waals surface area contributed by atoms with E-state index in [1.807, 2.05) is 42.5 Å². The van der Waals surface area contributed by atoms with Crippen LogP contribution < -0.4 is 15.4 Å². The predicted molar refractivity (Wildman–Crippen MR) is 111 cm³/mol. The van der Waals surface area contributed by atoms with Crippen molar-refractivity contribution in [3.63, 3.8) is 0 Å². The molecule has 3 aromatic rings. The van der Waals surface area contributed by atoms with E-state index in [0.717, 1.165) is 12.0 Å². The molecule has 0 fully saturated rings. The fourth-order valence-electron chi connectivity index (χ4n) is 2.63. The Labute approximate surface area is 164 Å². The molecule has 3 rings (SSSR count). The average Bonchev–Trinajstić information content (AvgIpc) is 2.74. The second-order valence-corrected chi connectivity index (χ2v) is 6.24. The molecule has 2 N–H and O–H groups in total. The lowest BCUT2D eigenvalue weighted by atomic mass is 10.2. The Morgan fingerprint density at radius 3 is 2.18 bits per heavy atom. The molecule has 0 atom stereocenters. The fraction of sp³-hybridized carbons (Fsp3) is 0.130. The summed E-state index contributed by atoms with van der Waals surface area (Å²) in [5, 5.41) is 5.60. The van der Waals surface area contributed by atoms with Crippen molar-refractivity contribution in [3.05, 3.63) is 90.0 Å². The van der Waals surface area contributed by atoms with Crippen molar-refractivity contribution in [3.8, 4) is 5.75 Å². The van der Waals surface area contributed by atoms with Gasteiger partial charge in [0.25, 0.3) is 11.8 Å². The number of amides is 2. The molecule has 5 nitrogen and oxygen atoms in total. The molecule has 0 saturated carbocycles. The van der Waals surface area contributed by atoms with Crippen LogP contribution in [0.5, 0.6) is 5.75 Å². The van der Waals surface area contributed by atoms with E-state index < -0.39 is 0 Å². The molecular formula is C23H22N2O3. The molecule has 0 bridgehead atoms. The first-order valence-corrected chi connectivity index (χ1v) is 9.12. The average molecular weight is 374 g/mol. The summed E-state index contributed by atoms with van der Waals surface area (Å²) in [6.07, 6.45) is 0.913. The van der Waals surface area contributed by atoms with Gasteiger partial charge in [0.15, 0.2) is 6.61 Å². The Bertz CT molecular complexity index is 938. The Kier molecular flexibility index (Phi) is 6.41. The zero-order valence-corrected chi connectivity index (χ0v) is 15.6. The van der Waals surface area contributed by atoms with E-state index in [9.17, 15) is 9.59 Å². The van der Waals surface area contributed by atoms with Gasteiger partial charge < -0.3 is 15.4 Å². The largest absolute Gasteiger partial charge is 0.484 e. The minimum atomic E-state index is -0.247. The normalized spacial score (nSPS) is 10.2. The van der Waals surface area contributed by atoms with Crippen LogP contribution in [0.15, 0.2) is 78.9 Å². The maximum absolute atomic E-state index is 12.1. The number of carbonyl (C=O) groups excluding carboxylic acids is 2.